The van der Waals surface area contributed by atoms with Gasteiger partial charge in [0.15, 0.2) is 0 Å². The van der Waals surface area contributed by atoms with Gasteiger partial charge >= 0.3 is 0 Å². The first kappa shape index (κ1) is 6.81. The Morgan fingerprint density at radius 3 is 3.10 bits per heavy atom. The summed E-state index contributed by atoms with van der Waals surface area (Å²) in [5.74, 6) is 0. The van der Waals surface area contributed by atoms with Crippen molar-refractivity contribution in [2.75, 3.05) is 0 Å². The van der Waals surface area contributed by atoms with Crippen molar-refractivity contribution in [3.05, 3.63) is 42.9 Å². The molecule has 1 aromatic rings. The lowest BCUT2D eigenvalue weighted by molar-refractivity contribution is 0.233. The third-order valence-electron chi connectivity index (χ3n) is 1.08. The molecule has 0 N–H and O–H groups in total. The normalized spacial score (nSPS) is 8.80. The van der Waals surface area contributed by atoms with E-state index in [0.29, 0.717) is 6.61 Å². The van der Waals surface area contributed by atoms with Gasteiger partial charge in [-0.15, -0.1) is 0 Å². The molecule has 0 aliphatic carbocycles. The molecule has 2 heteroatoms. The predicted molar refractivity (Wildman–Crippen MR) is 39.2 cm³/mol. The molecule has 0 amide bonds. The maximum absolute atomic E-state index is 4.92. The zero-order valence-corrected chi connectivity index (χ0v) is 5.66. The molecule has 0 aliphatic rings. The Bertz CT molecular complexity index is 196. The van der Waals surface area contributed by atoms with Crippen LogP contribution in [-0.2, 0) is 11.3 Å². The van der Waals surface area contributed by atoms with Gasteiger partial charge in [0.25, 0.3) is 0 Å². The van der Waals surface area contributed by atoms with Gasteiger partial charge in [-0.05, 0) is 12.1 Å². The van der Waals surface area contributed by atoms with Crippen LogP contribution in [0.1, 0.15) is 5.69 Å². The molecule has 0 fully saturated rings. The Labute approximate surface area is 60.2 Å². The number of aromatic nitrogens is 1. The number of hydrogen-bond donors (Lipinski definition) is 0. The Kier molecular flexibility index (Phi) is 2.49. The Hall–Kier alpha value is -1.31. The zero-order valence-electron chi connectivity index (χ0n) is 5.66. The second-order valence-electron chi connectivity index (χ2n) is 1.80. The van der Waals surface area contributed by atoms with Crippen LogP contribution in [0.2, 0.25) is 0 Å². The van der Waals surface area contributed by atoms with Crippen molar-refractivity contribution < 1.29 is 4.74 Å². The van der Waals surface area contributed by atoms with Crippen LogP contribution < -0.4 is 0 Å². The van der Waals surface area contributed by atoms with Crippen LogP contribution >= 0.6 is 0 Å². The van der Waals surface area contributed by atoms with Crippen LogP contribution in [-0.4, -0.2) is 4.98 Å². The molecule has 52 valence electrons. The summed E-state index contributed by atoms with van der Waals surface area (Å²) in [6.07, 6.45) is 3.15. The summed E-state index contributed by atoms with van der Waals surface area (Å²) in [5.41, 5.74) is 0.919. The lowest BCUT2D eigenvalue weighted by atomic mass is 10.4. The summed E-state index contributed by atoms with van der Waals surface area (Å²) in [4.78, 5) is 4.04. The van der Waals surface area contributed by atoms with Gasteiger partial charge in [0, 0.05) is 6.20 Å². The second kappa shape index (κ2) is 3.67. The number of ether oxygens (including phenoxy) is 1. The van der Waals surface area contributed by atoms with E-state index >= 15 is 0 Å². The standard InChI is InChI=1S/C8H9NO/c1-2-10-7-8-5-3-4-6-9-8/h2-6H,1,7H2. The van der Waals surface area contributed by atoms with Gasteiger partial charge in [-0.1, -0.05) is 12.6 Å². The predicted octanol–water partition coefficient (Wildman–Crippen LogP) is 1.74. The van der Waals surface area contributed by atoms with Crippen LogP contribution in [0.3, 0.4) is 0 Å². The molecule has 0 radical (unpaired) electrons. The van der Waals surface area contributed by atoms with Crippen molar-refractivity contribution in [3.8, 4) is 0 Å². The number of pyridine rings is 1. The monoisotopic (exact) mass is 135 g/mol. The van der Waals surface area contributed by atoms with Crippen LogP contribution in [0.25, 0.3) is 0 Å². The highest BCUT2D eigenvalue weighted by Gasteiger charge is 1.87. The second-order valence-corrected chi connectivity index (χ2v) is 1.80. The van der Waals surface area contributed by atoms with Gasteiger partial charge in [0.1, 0.15) is 6.61 Å². The van der Waals surface area contributed by atoms with Crippen molar-refractivity contribution in [1.82, 2.24) is 4.98 Å². The maximum atomic E-state index is 4.92. The Morgan fingerprint density at radius 2 is 2.50 bits per heavy atom. The molecule has 0 atom stereocenters. The fourth-order valence-corrected chi connectivity index (χ4v) is 0.628. The van der Waals surface area contributed by atoms with Crippen molar-refractivity contribution >= 4 is 0 Å². The van der Waals surface area contributed by atoms with Crippen LogP contribution in [0.15, 0.2) is 37.2 Å². The quantitative estimate of drug-likeness (QED) is 0.589. The van der Waals surface area contributed by atoms with E-state index in [0.717, 1.165) is 5.69 Å². The van der Waals surface area contributed by atoms with Gasteiger partial charge < -0.3 is 4.74 Å². The Balaban J connectivity index is 2.50. The SMILES string of the molecule is C=COCc1ccccn1. The van der Waals surface area contributed by atoms with Gasteiger partial charge in [-0.3, -0.25) is 4.98 Å². The smallest absolute Gasteiger partial charge is 0.129 e. The van der Waals surface area contributed by atoms with E-state index in [2.05, 4.69) is 11.6 Å². The maximum Gasteiger partial charge on any atom is 0.129 e. The third kappa shape index (κ3) is 1.90. The molecule has 0 saturated heterocycles. The number of hydrogen-bond acceptors (Lipinski definition) is 2. The molecular formula is C8H9NO. The first-order valence-electron chi connectivity index (χ1n) is 3.06. The average molecular weight is 135 g/mol. The van der Waals surface area contributed by atoms with E-state index in [1.807, 2.05) is 18.2 Å². The van der Waals surface area contributed by atoms with Crippen molar-refractivity contribution in [3.63, 3.8) is 0 Å². The van der Waals surface area contributed by atoms with E-state index in [-0.39, 0.29) is 0 Å². The number of nitrogens with zero attached hydrogens (tertiary/aromatic N) is 1. The summed E-state index contributed by atoms with van der Waals surface area (Å²) in [6.45, 7) is 3.93. The van der Waals surface area contributed by atoms with Gasteiger partial charge in [-0.25, -0.2) is 0 Å². The molecule has 1 heterocycles. The van der Waals surface area contributed by atoms with Gasteiger partial charge in [0.05, 0.1) is 12.0 Å². The molecule has 2 nitrogen and oxygen atoms in total. The summed E-state index contributed by atoms with van der Waals surface area (Å²) in [7, 11) is 0. The average Bonchev–Trinajstić information content (AvgIpc) is 2.03. The minimum Gasteiger partial charge on any atom is -0.496 e. The highest BCUT2D eigenvalue weighted by Crippen LogP contribution is 1.94. The van der Waals surface area contributed by atoms with Crippen LogP contribution in [0.5, 0.6) is 0 Å². The summed E-state index contributed by atoms with van der Waals surface area (Å²) >= 11 is 0. The van der Waals surface area contributed by atoms with Crippen molar-refractivity contribution in [1.29, 1.82) is 0 Å². The first-order chi connectivity index (χ1) is 4.93. The summed E-state index contributed by atoms with van der Waals surface area (Å²) < 4.78 is 4.92. The molecule has 0 aliphatic heterocycles. The van der Waals surface area contributed by atoms with Crippen molar-refractivity contribution in [2.45, 2.75) is 6.61 Å². The molecule has 1 rings (SSSR count). The minimum atomic E-state index is 0.504. The summed E-state index contributed by atoms with van der Waals surface area (Å²) in [6, 6.07) is 5.70. The minimum absolute atomic E-state index is 0.504. The van der Waals surface area contributed by atoms with E-state index < -0.39 is 0 Å². The highest BCUT2D eigenvalue weighted by atomic mass is 16.5. The van der Waals surface area contributed by atoms with Crippen LogP contribution in [0, 0.1) is 0 Å². The zero-order chi connectivity index (χ0) is 7.23. The molecule has 10 heavy (non-hydrogen) atoms. The van der Waals surface area contributed by atoms with E-state index in [1.54, 1.807) is 6.20 Å². The molecule has 0 saturated carbocycles. The molecule has 0 unspecified atom stereocenters. The van der Waals surface area contributed by atoms with Gasteiger partial charge in [0.2, 0.25) is 0 Å². The molecule has 0 bridgehead atoms. The molecule has 1 aromatic heterocycles. The van der Waals surface area contributed by atoms with Gasteiger partial charge in [-0.2, -0.15) is 0 Å². The Morgan fingerprint density at radius 1 is 1.60 bits per heavy atom. The van der Waals surface area contributed by atoms with E-state index in [4.69, 9.17) is 4.74 Å². The lowest BCUT2D eigenvalue weighted by Gasteiger charge is -1.97. The highest BCUT2D eigenvalue weighted by molar-refractivity contribution is 5.01. The lowest BCUT2D eigenvalue weighted by Crippen LogP contribution is -1.88. The fourth-order valence-electron chi connectivity index (χ4n) is 0.628. The third-order valence-corrected chi connectivity index (χ3v) is 1.08. The molecular weight excluding hydrogens is 126 g/mol. The first-order valence-corrected chi connectivity index (χ1v) is 3.06. The largest absolute Gasteiger partial charge is 0.496 e. The fraction of sp³-hybridized carbons (Fsp3) is 0.125. The van der Waals surface area contributed by atoms with E-state index in [9.17, 15) is 0 Å². The topological polar surface area (TPSA) is 22.1 Å². The molecule has 0 aromatic carbocycles. The summed E-state index contributed by atoms with van der Waals surface area (Å²) in [5, 5.41) is 0. The van der Waals surface area contributed by atoms with Crippen molar-refractivity contribution in [2.24, 2.45) is 0 Å². The van der Waals surface area contributed by atoms with E-state index in [1.165, 1.54) is 6.26 Å². The molecule has 0 spiro atoms. The van der Waals surface area contributed by atoms with Crippen LogP contribution in [0.4, 0.5) is 0 Å². The number of rotatable bonds is 3.